The Balaban J connectivity index is 3.10. The summed E-state index contributed by atoms with van der Waals surface area (Å²) in [4.78, 5) is 11.3. The zero-order valence-electron chi connectivity index (χ0n) is 8.44. The van der Waals surface area contributed by atoms with Crippen molar-refractivity contribution in [2.45, 2.75) is 11.8 Å². The zero-order valence-corrected chi connectivity index (χ0v) is 10.0. The van der Waals surface area contributed by atoms with Crippen molar-refractivity contribution in [2.75, 3.05) is 6.61 Å². The topological polar surface area (TPSA) is 72.5 Å². The monoisotopic (exact) mass is 263 g/mol. The fraction of sp³-hybridized carbons (Fsp3) is 0.222. The van der Waals surface area contributed by atoms with E-state index in [1.54, 1.807) is 11.2 Å². The summed E-state index contributed by atoms with van der Waals surface area (Å²) in [5, 5.41) is 0. The molecule has 0 unspecified atom stereocenters. The molecule has 1 rings (SSSR count). The lowest BCUT2D eigenvalue weighted by atomic mass is 10.2. The van der Waals surface area contributed by atoms with E-state index in [9.17, 15) is 13.2 Å². The van der Waals surface area contributed by atoms with E-state index in [1.807, 2.05) is 0 Å². The van der Waals surface area contributed by atoms with Crippen LogP contribution >= 0.6 is 11.8 Å². The highest BCUT2D eigenvalue weighted by atomic mass is 35.5. The molecule has 0 amide bonds. The smallest absolute Gasteiger partial charge is 0.338 e. The van der Waals surface area contributed by atoms with Crippen molar-refractivity contribution in [1.29, 1.82) is 0 Å². The Morgan fingerprint density at radius 3 is 2.75 bits per heavy atom. The van der Waals surface area contributed by atoms with Gasteiger partial charge in [-0.3, -0.25) is 0 Å². The van der Waals surface area contributed by atoms with Gasteiger partial charge >= 0.3 is 5.97 Å². The number of hydrogen-bond donors (Lipinski definition) is 1. The maximum absolute atomic E-state index is 11.3. The minimum absolute atomic E-state index is 0.0898. The molecule has 1 aromatic carbocycles. The molecular weight excluding hydrogens is 254 g/mol. The van der Waals surface area contributed by atoms with Crippen LogP contribution in [-0.4, -0.2) is 21.0 Å². The number of carbonyl (C=O) groups is 1. The SMILES string of the molecule is CCOC(=O)c1cccc(S(=O)(=O)NCl)c1. The fourth-order valence-electron chi connectivity index (χ4n) is 1.05. The van der Waals surface area contributed by atoms with E-state index in [1.165, 1.54) is 24.3 Å². The minimum atomic E-state index is -3.76. The third kappa shape index (κ3) is 2.94. The van der Waals surface area contributed by atoms with E-state index >= 15 is 0 Å². The number of sulfonamides is 1. The Morgan fingerprint density at radius 2 is 2.19 bits per heavy atom. The van der Waals surface area contributed by atoms with Crippen molar-refractivity contribution in [3.05, 3.63) is 29.8 Å². The van der Waals surface area contributed by atoms with E-state index in [0.717, 1.165) is 0 Å². The Hall–Kier alpha value is -1.11. The first kappa shape index (κ1) is 13.0. The average Bonchev–Trinajstić information content (AvgIpc) is 2.29. The second-order valence-electron chi connectivity index (χ2n) is 2.83. The third-order valence-corrected chi connectivity index (χ3v) is 3.44. The van der Waals surface area contributed by atoms with Crippen LogP contribution in [0.1, 0.15) is 17.3 Å². The van der Waals surface area contributed by atoms with Crippen LogP contribution in [0.25, 0.3) is 0 Å². The molecule has 5 nitrogen and oxygen atoms in total. The lowest BCUT2D eigenvalue weighted by molar-refractivity contribution is 0.0526. The second-order valence-corrected chi connectivity index (χ2v) is 4.92. The van der Waals surface area contributed by atoms with Gasteiger partial charge in [0.25, 0.3) is 10.0 Å². The maximum Gasteiger partial charge on any atom is 0.338 e. The Morgan fingerprint density at radius 1 is 1.50 bits per heavy atom. The molecule has 0 atom stereocenters. The van der Waals surface area contributed by atoms with Crippen LogP contribution in [0.3, 0.4) is 0 Å². The molecule has 16 heavy (non-hydrogen) atoms. The molecule has 0 spiro atoms. The standard InChI is InChI=1S/C9H10ClNO4S/c1-2-15-9(12)7-4-3-5-8(6-7)16(13,14)11-10/h3-6,11H,2H2,1H3. The molecular formula is C9H10ClNO4S. The van der Waals surface area contributed by atoms with Crippen molar-refractivity contribution >= 4 is 27.8 Å². The summed E-state index contributed by atoms with van der Waals surface area (Å²) in [6.07, 6.45) is 0. The third-order valence-electron chi connectivity index (χ3n) is 1.76. The van der Waals surface area contributed by atoms with Gasteiger partial charge in [0.05, 0.1) is 17.1 Å². The molecule has 0 fully saturated rings. The summed E-state index contributed by atoms with van der Waals surface area (Å²) in [7, 11) is -3.76. The average molecular weight is 264 g/mol. The van der Waals surface area contributed by atoms with Crippen molar-refractivity contribution in [2.24, 2.45) is 0 Å². The van der Waals surface area contributed by atoms with Crippen molar-refractivity contribution in [3.63, 3.8) is 0 Å². The predicted molar refractivity (Wildman–Crippen MR) is 58.6 cm³/mol. The molecule has 0 aliphatic heterocycles. The van der Waals surface area contributed by atoms with Gasteiger partial charge in [-0.15, -0.1) is 4.24 Å². The van der Waals surface area contributed by atoms with Gasteiger partial charge in [0.2, 0.25) is 0 Å². The van der Waals surface area contributed by atoms with Gasteiger partial charge in [-0.1, -0.05) is 6.07 Å². The van der Waals surface area contributed by atoms with Gasteiger partial charge in [0.15, 0.2) is 0 Å². The molecule has 88 valence electrons. The molecule has 0 radical (unpaired) electrons. The van der Waals surface area contributed by atoms with Gasteiger partial charge < -0.3 is 4.74 Å². The van der Waals surface area contributed by atoms with Crippen LogP contribution < -0.4 is 4.24 Å². The highest BCUT2D eigenvalue weighted by molar-refractivity contribution is 7.90. The second kappa shape index (κ2) is 5.29. The number of benzene rings is 1. The number of esters is 1. The first-order valence-electron chi connectivity index (χ1n) is 4.41. The normalized spacial score (nSPS) is 11.1. The number of hydrogen-bond acceptors (Lipinski definition) is 4. The predicted octanol–water partition coefficient (Wildman–Crippen LogP) is 1.30. The molecule has 0 aliphatic rings. The number of carbonyl (C=O) groups excluding carboxylic acids is 1. The molecule has 0 bridgehead atoms. The lowest BCUT2D eigenvalue weighted by Gasteiger charge is -2.04. The molecule has 0 saturated carbocycles. The number of halogens is 1. The van der Waals surface area contributed by atoms with Crippen molar-refractivity contribution < 1.29 is 17.9 Å². The maximum atomic E-state index is 11.3. The first-order valence-corrected chi connectivity index (χ1v) is 6.27. The largest absolute Gasteiger partial charge is 0.462 e. The highest BCUT2D eigenvalue weighted by Gasteiger charge is 2.15. The van der Waals surface area contributed by atoms with Crippen LogP contribution in [-0.2, 0) is 14.8 Å². The molecule has 7 heteroatoms. The van der Waals surface area contributed by atoms with Gasteiger partial charge in [0.1, 0.15) is 0 Å². The zero-order chi connectivity index (χ0) is 12.2. The molecule has 0 aliphatic carbocycles. The molecule has 1 aromatic rings. The van der Waals surface area contributed by atoms with Gasteiger partial charge in [0, 0.05) is 0 Å². The summed E-state index contributed by atoms with van der Waals surface area (Å²) in [6.45, 7) is 1.89. The van der Waals surface area contributed by atoms with E-state index < -0.39 is 16.0 Å². The number of ether oxygens (including phenoxy) is 1. The molecule has 1 N–H and O–H groups in total. The summed E-state index contributed by atoms with van der Waals surface area (Å²) in [5.74, 6) is -0.575. The first-order chi connectivity index (χ1) is 7.51. The fourth-order valence-corrected chi connectivity index (χ4v) is 1.95. The van der Waals surface area contributed by atoms with Crippen molar-refractivity contribution in [1.82, 2.24) is 4.24 Å². The van der Waals surface area contributed by atoms with E-state index in [4.69, 9.17) is 16.5 Å². The van der Waals surface area contributed by atoms with Gasteiger partial charge in [-0.05, 0) is 36.9 Å². The summed E-state index contributed by atoms with van der Waals surface area (Å²) < 4.78 is 29.1. The van der Waals surface area contributed by atoms with Crippen molar-refractivity contribution in [3.8, 4) is 0 Å². The summed E-state index contributed by atoms with van der Waals surface area (Å²) in [5.41, 5.74) is 0.162. The van der Waals surface area contributed by atoms with Crippen LogP contribution in [0.15, 0.2) is 29.2 Å². The van der Waals surface area contributed by atoms with Crippen LogP contribution in [0.4, 0.5) is 0 Å². The van der Waals surface area contributed by atoms with E-state index in [2.05, 4.69) is 0 Å². The number of rotatable bonds is 4. The quantitative estimate of drug-likeness (QED) is 0.656. The Labute approximate surface area is 98.5 Å². The molecule has 0 saturated heterocycles. The minimum Gasteiger partial charge on any atom is -0.462 e. The Kier molecular flexibility index (Phi) is 4.28. The molecule has 0 aromatic heterocycles. The van der Waals surface area contributed by atoms with Crippen LogP contribution in [0.5, 0.6) is 0 Å². The van der Waals surface area contributed by atoms with E-state index in [-0.39, 0.29) is 17.1 Å². The molecule has 0 heterocycles. The van der Waals surface area contributed by atoms with Crippen LogP contribution in [0.2, 0.25) is 0 Å². The highest BCUT2D eigenvalue weighted by Crippen LogP contribution is 2.12. The van der Waals surface area contributed by atoms with Gasteiger partial charge in [-0.2, -0.15) is 0 Å². The summed E-state index contributed by atoms with van der Waals surface area (Å²) in [6, 6.07) is 5.43. The Bertz CT molecular complexity index is 486. The summed E-state index contributed by atoms with van der Waals surface area (Å²) >= 11 is 5.07. The van der Waals surface area contributed by atoms with Gasteiger partial charge in [-0.25, -0.2) is 13.2 Å². The number of nitrogens with one attached hydrogen (secondary N) is 1. The lowest BCUT2D eigenvalue weighted by Crippen LogP contribution is -2.14. The van der Waals surface area contributed by atoms with Crippen LogP contribution in [0, 0.1) is 0 Å². The van der Waals surface area contributed by atoms with E-state index in [0.29, 0.717) is 0 Å².